The van der Waals surface area contributed by atoms with Crippen LogP contribution in [-0.2, 0) is 0 Å². The van der Waals surface area contributed by atoms with Crippen LogP contribution in [0.4, 0.5) is 0 Å². The molecule has 112 valence electrons. The monoisotopic (exact) mass is 295 g/mol. The normalized spacial score (nSPS) is 22.2. The lowest BCUT2D eigenvalue weighted by Gasteiger charge is -2.26. The predicted molar refractivity (Wildman–Crippen MR) is 81.0 cm³/mol. The van der Waals surface area contributed by atoms with Gasteiger partial charge in [0.2, 0.25) is 5.16 Å². The van der Waals surface area contributed by atoms with Crippen LogP contribution >= 0.6 is 11.8 Å². The number of aromatic nitrogens is 4. The van der Waals surface area contributed by atoms with Gasteiger partial charge in [-0.15, -0.1) is 5.10 Å². The molecule has 0 aromatic carbocycles. The molecule has 3 rings (SSSR count). The van der Waals surface area contributed by atoms with Crippen LogP contribution in [0, 0.1) is 0 Å². The molecule has 0 atom stereocenters. The third kappa shape index (κ3) is 3.73. The molecule has 20 heavy (non-hydrogen) atoms. The number of thioether (sulfide) groups is 1. The van der Waals surface area contributed by atoms with Gasteiger partial charge in [0.05, 0.1) is 6.04 Å². The van der Waals surface area contributed by atoms with Crippen LogP contribution in [-0.4, -0.2) is 50.5 Å². The minimum absolute atomic E-state index is 0.538. The van der Waals surface area contributed by atoms with Crippen molar-refractivity contribution in [3.05, 3.63) is 0 Å². The molecule has 1 aliphatic heterocycles. The average Bonchev–Trinajstić information content (AvgIpc) is 2.98. The van der Waals surface area contributed by atoms with Gasteiger partial charge in [-0.3, -0.25) is 0 Å². The van der Waals surface area contributed by atoms with Gasteiger partial charge in [-0.05, 0) is 49.2 Å². The highest BCUT2D eigenvalue weighted by molar-refractivity contribution is 7.99. The van der Waals surface area contributed by atoms with Crippen molar-refractivity contribution >= 4 is 11.8 Å². The Kier molecular flexibility index (Phi) is 5.30. The Morgan fingerprint density at radius 3 is 2.55 bits per heavy atom. The fourth-order valence-corrected chi connectivity index (χ4v) is 4.23. The molecular formula is C14H25N5S. The van der Waals surface area contributed by atoms with Gasteiger partial charge in [0.25, 0.3) is 0 Å². The molecule has 1 aromatic rings. The molecule has 2 heterocycles. The number of hydrogen-bond donors (Lipinski definition) is 0. The topological polar surface area (TPSA) is 46.8 Å². The molecule has 0 unspecified atom stereocenters. The van der Waals surface area contributed by atoms with E-state index >= 15 is 0 Å². The highest BCUT2D eigenvalue weighted by Crippen LogP contribution is 2.30. The van der Waals surface area contributed by atoms with Gasteiger partial charge in [0, 0.05) is 12.3 Å². The quantitative estimate of drug-likeness (QED) is 0.782. The van der Waals surface area contributed by atoms with Crippen molar-refractivity contribution < 1.29 is 0 Å². The van der Waals surface area contributed by atoms with E-state index in [0.717, 1.165) is 10.9 Å². The molecule has 1 aromatic heterocycles. The summed E-state index contributed by atoms with van der Waals surface area (Å²) in [6, 6.07) is 0.538. The molecule has 0 radical (unpaired) electrons. The zero-order valence-corrected chi connectivity index (χ0v) is 13.0. The summed E-state index contributed by atoms with van der Waals surface area (Å²) in [5.41, 5.74) is 0. The second-order valence-corrected chi connectivity index (χ2v) is 7.01. The molecule has 1 saturated heterocycles. The van der Waals surface area contributed by atoms with Crippen LogP contribution in [0.1, 0.15) is 57.4 Å². The Hall–Kier alpha value is -0.620. The van der Waals surface area contributed by atoms with Gasteiger partial charge in [0.15, 0.2) is 0 Å². The Morgan fingerprint density at radius 1 is 1.00 bits per heavy atom. The van der Waals surface area contributed by atoms with Crippen molar-refractivity contribution in [2.75, 3.05) is 25.4 Å². The molecule has 1 aliphatic carbocycles. The lowest BCUT2D eigenvalue weighted by Crippen LogP contribution is -2.31. The maximum absolute atomic E-state index is 4.23. The smallest absolute Gasteiger partial charge is 0.209 e. The molecule has 6 heteroatoms. The van der Waals surface area contributed by atoms with Gasteiger partial charge in [0.1, 0.15) is 0 Å². The summed E-state index contributed by atoms with van der Waals surface area (Å²) < 4.78 is 2.08. The van der Waals surface area contributed by atoms with E-state index in [4.69, 9.17) is 0 Å². The highest BCUT2D eigenvalue weighted by atomic mass is 32.2. The fourth-order valence-electron chi connectivity index (χ4n) is 3.28. The summed E-state index contributed by atoms with van der Waals surface area (Å²) in [5.74, 6) is 1.10. The standard InChI is InChI=1S/C14H25N5S/c1-3-7-13(8-4-1)19-14(15-16-17-19)20-12-11-18-9-5-2-6-10-18/h13H,1-12H2. The van der Waals surface area contributed by atoms with E-state index in [1.165, 1.54) is 71.0 Å². The van der Waals surface area contributed by atoms with Crippen molar-refractivity contribution in [2.45, 2.75) is 62.6 Å². The summed E-state index contributed by atoms with van der Waals surface area (Å²) in [4.78, 5) is 2.57. The van der Waals surface area contributed by atoms with Crippen LogP contribution < -0.4 is 0 Å². The Bertz CT molecular complexity index is 396. The van der Waals surface area contributed by atoms with E-state index in [-0.39, 0.29) is 0 Å². The van der Waals surface area contributed by atoms with E-state index in [2.05, 4.69) is 25.1 Å². The Balaban J connectivity index is 1.48. The lowest BCUT2D eigenvalue weighted by molar-refractivity contribution is 0.242. The first kappa shape index (κ1) is 14.3. The van der Waals surface area contributed by atoms with Crippen molar-refractivity contribution in [3.8, 4) is 0 Å². The van der Waals surface area contributed by atoms with Crippen LogP contribution in [0.25, 0.3) is 0 Å². The highest BCUT2D eigenvalue weighted by Gasteiger charge is 2.20. The molecule has 0 spiro atoms. The maximum atomic E-state index is 4.23. The molecule has 0 N–H and O–H groups in total. The molecule has 2 aliphatic rings. The maximum Gasteiger partial charge on any atom is 0.209 e. The molecule has 1 saturated carbocycles. The second kappa shape index (κ2) is 7.41. The minimum atomic E-state index is 0.538. The third-order valence-electron chi connectivity index (χ3n) is 4.47. The van der Waals surface area contributed by atoms with Gasteiger partial charge >= 0.3 is 0 Å². The van der Waals surface area contributed by atoms with Crippen molar-refractivity contribution in [1.82, 2.24) is 25.1 Å². The van der Waals surface area contributed by atoms with E-state index < -0.39 is 0 Å². The van der Waals surface area contributed by atoms with Crippen molar-refractivity contribution in [2.24, 2.45) is 0 Å². The van der Waals surface area contributed by atoms with Crippen molar-refractivity contribution in [3.63, 3.8) is 0 Å². The summed E-state index contributed by atoms with van der Waals surface area (Å²) in [6.45, 7) is 3.71. The number of tetrazole rings is 1. The average molecular weight is 295 g/mol. The van der Waals surface area contributed by atoms with Crippen LogP contribution in [0.5, 0.6) is 0 Å². The zero-order valence-electron chi connectivity index (χ0n) is 12.2. The first-order valence-electron chi connectivity index (χ1n) is 8.06. The Labute approximate surface area is 125 Å². The second-order valence-electron chi connectivity index (χ2n) is 5.95. The third-order valence-corrected chi connectivity index (χ3v) is 5.38. The Morgan fingerprint density at radius 2 is 1.75 bits per heavy atom. The largest absolute Gasteiger partial charge is 0.303 e. The van der Waals surface area contributed by atoms with Crippen LogP contribution in [0.2, 0.25) is 0 Å². The SMILES string of the molecule is C1CCC(n2nnnc2SCCN2CCCCC2)CC1. The number of rotatable bonds is 5. The first-order chi connectivity index (χ1) is 9.93. The van der Waals surface area contributed by atoms with Gasteiger partial charge in [-0.1, -0.05) is 37.4 Å². The number of likely N-dealkylation sites (tertiary alicyclic amines) is 1. The molecule has 0 amide bonds. The van der Waals surface area contributed by atoms with Crippen molar-refractivity contribution in [1.29, 1.82) is 0 Å². The number of hydrogen-bond acceptors (Lipinski definition) is 5. The summed E-state index contributed by atoms with van der Waals surface area (Å²) in [5, 5.41) is 13.4. The van der Waals surface area contributed by atoms with E-state index in [9.17, 15) is 0 Å². The molecule has 2 fully saturated rings. The van der Waals surface area contributed by atoms with Gasteiger partial charge in [-0.25, -0.2) is 4.68 Å². The minimum Gasteiger partial charge on any atom is -0.303 e. The lowest BCUT2D eigenvalue weighted by atomic mass is 9.96. The van der Waals surface area contributed by atoms with Gasteiger partial charge < -0.3 is 4.90 Å². The summed E-state index contributed by atoms with van der Waals surface area (Å²) in [7, 11) is 0. The zero-order chi connectivity index (χ0) is 13.6. The van der Waals surface area contributed by atoms with E-state index in [1.807, 2.05) is 11.8 Å². The van der Waals surface area contributed by atoms with Gasteiger partial charge in [-0.2, -0.15) is 0 Å². The fraction of sp³-hybridized carbons (Fsp3) is 0.929. The van der Waals surface area contributed by atoms with E-state index in [0.29, 0.717) is 6.04 Å². The molecular weight excluding hydrogens is 270 g/mol. The van der Waals surface area contributed by atoms with E-state index in [1.54, 1.807) is 0 Å². The molecule has 5 nitrogen and oxygen atoms in total. The first-order valence-corrected chi connectivity index (χ1v) is 9.05. The molecule has 0 bridgehead atoms. The van der Waals surface area contributed by atoms with Crippen LogP contribution in [0.15, 0.2) is 5.16 Å². The summed E-state index contributed by atoms with van der Waals surface area (Å²) >= 11 is 1.83. The summed E-state index contributed by atoms with van der Waals surface area (Å²) in [6.07, 6.45) is 10.6. The number of piperidine rings is 1. The predicted octanol–water partition coefficient (Wildman–Crippen LogP) is 2.76. The number of nitrogens with zero attached hydrogens (tertiary/aromatic N) is 5. The van der Waals surface area contributed by atoms with Crippen LogP contribution in [0.3, 0.4) is 0 Å².